The Morgan fingerprint density at radius 1 is 0.882 bits per heavy atom. The maximum absolute atomic E-state index is 5.80. The molecule has 0 fully saturated rings. The summed E-state index contributed by atoms with van der Waals surface area (Å²) in [6.07, 6.45) is 0. The average molecular weight is 244 g/mol. The molecule has 0 aliphatic carbocycles. The first-order valence-electron chi connectivity index (χ1n) is 5.46. The molecule has 2 rings (SSSR count). The van der Waals surface area contributed by atoms with E-state index in [4.69, 9.17) is 11.5 Å². The summed E-state index contributed by atoms with van der Waals surface area (Å²) in [6, 6.07) is 12.2. The summed E-state index contributed by atoms with van der Waals surface area (Å²) >= 11 is 1.72. The molecule has 0 saturated carbocycles. The molecular formula is C14H16N2S. The van der Waals surface area contributed by atoms with Crippen LogP contribution in [0.25, 0.3) is 0 Å². The van der Waals surface area contributed by atoms with E-state index >= 15 is 0 Å². The summed E-state index contributed by atoms with van der Waals surface area (Å²) in [5, 5.41) is 0. The molecule has 0 unspecified atom stereocenters. The first-order chi connectivity index (χ1) is 8.06. The van der Waals surface area contributed by atoms with Crippen LogP contribution in [0.15, 0.2) is 46.2 Å². The van der Waals surface area contributed by atoms with Gasteiger partial charge in [0.1, 0.15) is 0 Å². The minimum Gasteiger partial charge on any atom is -0.397 e. The second-order valence-electron chi connectivity index (χ2n) is 4.16. The smallest absolute Gasteiger partial charge is 0.0559 e. The van der Waals surface area contributed by atoms with Gasteiger partial charge in [-0.1, -0.05) is 23.9 Å². The summed E-state index contributed by atoms with van der Waals surface area (Å²) in [5.74, 6) is 0. The number of nitrogens with two attached hydrogens (primary N) is 2. The molecule has 0 atom stereocenters. The Hall–Kier alpha value is -1.61. The van der Waals surface area contributed by atoms with Gasteiger partial charge in [0.15, 0.2) is 0 Å². The summed E-state index contributed by atoms with van der Waals surface area (Å²) in [6.45, 7) is 4.21. The van der Waals surface area contributed by atoms with Crippen molar-refractivity contribution in [3.05, 3.63) is 47.5 Å². The molecule has 2 aromatic rings. The third kappa shape index (κ3) is 2.74. The quantitative estimate of drug-likeness (QED) is 0.793. The van der Waals surface area contributed by atoms with Crippen LogP contribution in [0.4, 0.5) is 11.4 Å². The zero-order valence-corrected chi connectivity index (χ0v) is 10.8. The fourth-order valence-electron chi connectivity index (χ4n) is 1.56. The summed E-state index contributed by atoms with van der Waals surface area (Å²) in [5.41, 5.74) is 15.3. The van der Waals surface area contributed by atoms with E-state index in [1.54, 1.807) is 11.8 Å². The van der Waals surface area contributed by atoms with E-state index in [0.717, 1.165) is 4.90 Å². The highest BCUT2D eigenvalue weighted by Crippen LogP contribution is 2.33. The minimum atomic E-state index is 0.635. The Morgan fingerprint density at radius 3 is 2.35 bits per heavy atom. The molecular weight excluding hydrogens is 228 g/mol. The highest BCUT2D eigenvalue weighted by atomic mass is 32.2. The van der Waals surface area contributed by atoms with Crippen molar-refractivity contribution in [3.63, 3.8) is 0 Å². The molecule has 4 N–H and O–H groups in total. The topological polar surface area (TPSA) is 52.0 Å². The summed E-state index contributed by atoms with van der Waals surface area (Å²) < 4.78 is 0. The van der Waals surface area contributed by atoms with E-state index < -0.39 is 0 Å². The monoisotopic (exact) mass is 244 g/mol. The van der Waals surface area contributed by atoms with E-state index in [1.165, 1.54) is 16.0 Å². The molecule has 0 saturated heterocycles. The number of nitrogen functional groups attached to an aromatic ring is 2. The van der Waals surface area contributed by atoms with Gasteiger partial charge in [0.2, 0.25) is 0 Å². The molecule has 0 radical (unpaired) electrons. The number of hydrogen-bond donors (Lipinski definition) is 2. The van der Waals surface area contributed by atoms with Crippen LogP contribution in [-0.4, -0.2) is 0 Å². The molecule has 0 spiro atoms. The zero-order chi connectivity index (χ0) is 12.4. The Morgan fingerprint density at radius 2 is 1.65 bits per heavy atom. The molecule has 0 aromatic heterocycles. The molecule has 0 heterocycles. The van der Waals surface area contributed by atoms with Crippen LogP contribution < -0.4 is 11.5 Å². The summed E-state index contributed by atoms with van der Waals surface area (Å²) in [4.78, 5) is 2.37. The van der Waals surface area contributed by atoms with Crippen molar-refractivity contribution in [1.82, 2.24) is 0 Å². The van der Waals surface area contributed by atoms with Crippen molar-refractivity contribution in [2.75, 3.05) is 11.5 Å². The second kappa shape index (κ2) is 4.72. The van der Waals surface area contributed by atoms with Gasteiger partial charge in [-0.05, 0) is 49.2 Å². The highest BCUT2D eigenvalue weighted by molar-refractivity contribution is 7.99. The van der Waals surface area contributed by atoms with Gasteiger partial charge in [-0.25, -0.2) is 0 Å². The number of hydrogen-bond acceptors (Lipinski definition) is 3. The van der Waals surface area contributed by atoms with Crippen LogP contribution in [0, 0.1) is 13.8 Å². The Labute approximate surface area is 106 Å². The molecule has 2 aromatic carbocycles. The number of rotatable bonds is 2. The standard InChI is InChI=1S/C14H16N2S/c1-9-3-4-10(2)14(7-9)17-11-5-6-12(15)13(16)8-11/h3-8H,15-16H2,1-2H3. The van der Waals surface area contributed by atoms with Crippen LogP contribution in [0.3, 0.4) is 0 Å². The van der Waals surface area contributed by atoms with Crippen LogP contribution in [0.1, 0.15) is 11.1 Å². The van der Waals surface area contributed by atoms with Gasteiger partial charge in [0, 0.05) is 9.79 Å². The van der Waals surface area contributed by atoms with E-state index in [9.17, 15) is 0 Å². The van der Waals surface area contributed by atoms with Gasteiger partial charge in [-0.2, -0.15) is 0 Å². The third-order valence-corrected chi connectivity index (χ3v) is 3.78. The highest BCUT2D eigenvalue weighted by Gasteiger charge is 2.03. The lowest BCUT2D eigenvalue weighted by atomic mass is 10.2. The molecule has 0 aliphatic heterocycles. The summed E-state index contributed by atoms with van der Waals surface area (Å²) in [7, 11) is 0. The van der Waals surface area contributed by atoms with Crippen molar-refractivity contribution < 1.29 is 0 Å². The van der Waals surface area contributed by atoms with Gasteiger partial charge in [-0.3, -0.25) is 0 Å². The molecule has 0 amide bonds. The Kier molecular flexibility index (Phi) is 3.29. The lowest BCUT2D eigenvalue weighted by molar-refractivity contribution is 1.25. The van der Waals surface area contributed by atoms with Gasteiger partial charge >= 0.3 is 0 Å². The van der Waals surface area contributed by atoms with Crippen molar-refractivity contribution in [3.8, 4) is 0 Å². The van der Waals surface area contributed by atoms with Gasteiger partial charge in [-0.15, -0.1) is 0 Å². The first kappa shape index (κ1) is 11.9. The largest absolute Gasteiger partial charge is 0.397 e. The second-order valence-corrected chi connectivity index (χ2v) is 5.28. The first-order valence-corrected chi connectivity index (χ1v) is 6.28. The van der Waals surface area contributed by atoms with Crippen LogP contribution in [0.2, 0.25) is 0 Å². The number of benzene rings is 2. The van der Waals surface area contributed by atoms with Gasteiger partial charge in [0.25, 0.3) is 0 Å². The fraction of sp³-hybridized carbons (Fsp3) is 0.143. The van der Waals surface area contributed by atoms with Crippen LogP contribution in [-0.2, 0) is 0 Å². The average Bonchev–Trinajstić information content (AvgIpc) is 2.29. The Bertz CT molecular complexity index is 550. The third-order valence-electron chi connectivity index (χ3n) is 2.63. The maximum atomic E-state index is 5.80. The minimum absolute atomic E-state index is 0.635. The van der Waals surface area contributed by atoms with Crippen molar-refractivity contribution >= 4 is 23.1 Å². The molecule has 17 heavy (non-hydrogen) atoms. The molecule has 88 valence electrons. The van der Waals surface area contributed by atoms with Crippen LogP contribution in [0.5, 0.6) is 0 Å². The van der Waals surface area contributed by atoms with Crippen molar-refractivity contribution in [1.29, 1.82) is 0 Å². The number of anilines is 2. The predicted molar refractivity (Wildman–Crippen MR) is 75.3 cm³/mol. The molecule has 0 bridgehead atoms. The molecule has 0 aliphatic rings. The normalized spacial score (nSPS) is 10.5. The van der Waals surface area contributed by atoms with Crippen molar-refractivity contribution in [2.45, 2.75) is 23.6 Å². The van der Waals surface area contributed by atoms with E-state index in [0.29, 0.717) is 11.4 Å². The van der Waals surface area contributed by atoms with Crippen LogP contribution >= 0.6 is 11.8 Å². The maximum Gasteiger partial charge on any atom is 0.0559 e. The Balaban J connectivity index is 2.31. The van der Waals surface area contributed by atoms with E-state index in [2.05, 4.69) is 32.0 Å². The van der Waals surface area contributed by atoms with Gasteiger partial charge < -0.3 is 11.5 Å². The van der Waals surface area contributed by atoms with Crippen molar-refractivity contribution in [2.24, 2.45) is 0 Å². The van der Waals surface area contributed by atoms with E-state index in [1.807, 2.05) is 18.2 Å². The van der Waals surface area contributed by atoms with E-state index in [-0.39, 0.29) is 0 Å². The fourth-order valence-corrected chi connectivity index (χ4v) is 2.61. The molecule has 3 heteroatoms. The number of aryl methyl sites for hydroxylation is 2. The van der Waals surface area contributed by atoms with Gasteiger partial charge in [0.05, 0.1) is 11.4 Å². The predicted octanol–water partition coefficient (Wildman–Crippen LogP) is 3.62. The zero-order valence-electron chi connectivity index (χ0n) is 10.0. The SMILES string of the molecule is Cc1ccc(C)c(Sc2ccc(N)c(N)c2)c1. The lowest BCUT2D eigenvalue weighted by Crippen LogP contribution is -1.93. The molecule has 2 nitrogen and oxygen atoms in total. The lowest BCUT2D eigenvalue weighted by Gasteiger charge is -2.08.